The lowest BCUT2D eigenvalue weighted by atomic mass is 10.2. The second kappa shape index (κ2) is 8.05. The van der Waals surface area contributed by atoms with Crippen molar-refractivity contribution in [1.29, 1.82) is 0 Å². The highest BCUT2D eigenvalue weighted by Crippen LogP contribution is 2.16. The number of halogens is 2. The van der Waals surface area contributed by atoms with E-state index in [1.54, 1.807) is 6.07 Å². The van der Waals surface area contributed by atoms with Gasteiger partial charge in [-0.25, -0.2) is 13.6 Å². The van der Waals surface area contributed by atoms with Crippen LogP contribution in [-0.4, -0.2) is 25.6 Å². The molecule has 24 heavy (non-hydrogen) atoms. The minimum absolute atomic E-state index is 0.0417. The number of amides is 1. The predicted molar refractivity (Wildman–Crippen MR) is 81.5 cm³/mol. The molecule has 126 valence electrons. The molecule has 0 aromatic heterocycles. The smallest absolute Gasteiger partial charge is 0.341 e. The highest BCUT2D eigenvalue weighted by molar-refractivity contribution is 5.91. The van der Waals surface area contributed by atoms with E-state index in [1.165, 1.54) is 37.4 Å². The Morgan fingerprint density at radius 1 is 1.08 bits per heavy atom. The SMILES string of the molecule is COc1ccc(C(=O)OCC(=O)NCc2ccccc2F)c(F)c1. The third kappa shape index (κ3) is 4.52. The molecule has 0 radical (unpaired) electrons. The van der Waals surface area contributed by atoms with Crippen molar-refractivity contribution in [3.63, 3.8) is 0 Å². The van der Waals surface area contributed by atoms with Crippen molar-refractivity contribution in [1.82, 2.24) is 5.32 Å². The molecule has 0 saturated carbocycles. The molecule has 0 aliphatic heterocycles. The molecule has 0 fully saturated rings. The molecule has 1 N–H and O–H groups in total. The number of nitrogens with one attached hydrogen (secondary N) is 1. The molecule has 0 atom stereocenters. The summed E-state index contributed by atoms with van der Waals surface area (Å²) in [6.45, 7) is -0.640. The van der Waals surface area contributed by atoms with Crippen molar-refractivity contribution >= 4 is 11.9 Å². The molecule has 0 spiro atoms. The topological polar surface area (TPSA) is 64.6 Å². The summed E-state index contributed by atoms with van der Waals surface area (Å²) >= 11 is 0. The maximum Gasteiger partial charge on any atom is 0.341 e. The molecular weight excluding hydrogens is 320 g/mol. The van der Waals surface area contributed by atoms with Crippen molar-refractivity contribution in [2.45, 2.75) is 6.54 Å². The molecule has 0 bridgehead atoms. The van der Waals surface area contributed by atoms with Crippen molar-refractivity contribution in [2.75, 3.05) is 13.7 Å². The van der Waals surface area contributed by atoms with Gasteiger partial charge in [-0.2, -0.15) is 0 Å². The monoisotopic (exact) mass is 335 g/mol. The first kappa shape index (κ1) is 17.4. The second-order valence-electron chi connectivity index (χ2n) is 4.79. The van der Waals surface area contributed by atoms with Gasteiger partial charge in [0.05, 0.1) is 12.7 Å². The van der Waals surface area contributed by atoms with E-state index in [2.05, 4.69) is 5.32 Å². The zero-order chi connectivity index (χ0) is 17.5. The summed E-state index contributed by atoms with van der Waals surface area (Å²) in [6.07, 6.45) is 0. The zero-order valence-electron chi connectivity index (χ0n) is 12.8. The minimum atomic E-state index is -0.976. The number of hydrogen-bond acceptors (Lipinski definition) is 4. The van der Waals surface area contributed by atoms with Crippen LogP contribution in [0.25, 0.3) is 0 Å². The summed E-state index contributed by atoms with van der Waals surface area (Å²) in [4.78, 5) is 23.4. The first-order chi connectivity index (χ1) is 11.5. The van der Waals surface area contributed by atoms with Crippen molar-refractivity contribution in [3.8, 4) is 5.75 Å². The lowest BCUT2D eigenvalue weighted by Gasteiger charge is -2.08. The van der Waals surface area contributed by atoms with Gasteiger partial charge in [0, 0.05) is 18.2 Å². The highest BCUT2D eigenvalue weighted by Gasteiger charge is 2.15. The molecule has 0 saturated heterocycles. The Hall–Kier alpha value is -2.96. The predicted octanol–water partition coefficient (Wildman–Crippen LogP) is 2.45. The molecule has 1 amide bonds. The van der Waals surface area contributed by atoms with Crippen LogP contribution in [0.2, 0.25) is 0 Å². The van der Waals surface area contributed by atoms with Gasteiger partial charge >= 0.3 is 5.97 Å². The summed E-state index contributed by atoms with van der Waals surface area (Å²) in [5.74, 6) is -2.61. The van der Waals surface area contributed by atoms with Crippen LogP contribution in [0.15, 0.2) is 42.5 Å². The average molecular weight is 335 g/mol. The van der Waals surface area contributed by atoms with Crippen LogP contribution >= 0.6 is 0 Å². The van der Waals surface area contributed by atoms with E-state index < -0.39 is 30.1 Å². The van der Waals surface area contributed by atoms with Crippen LogP contribution < -0.4 is 10.1 Å². The van der Waals surface area contributed by atoms with Crippen molar-refractivity contribution in [2.24, 2.45) is 0 Å². The standard InChI is InChI=1S/C17H15F2NO4/c1-23-12-6-7-13(15(19)8-12)17(22)24-10-16(21)20-9-11-4-2-3-5-14(11)18/h2-8H,9-10H2,1H3,(H,20,21). The molecule has 2 aromatic rings. The Kier molecular flexibility index (Phi) is 5.83. The Morgan fingerprint density at radius 3 is 2.50 bits per heavy atom. The molecule has 2 aromatic carbocycles. The Labute approximate surface area is 137 Å². The maximum atomic E-state index is 13.7. The lowest BCUT2D eigenvalue weighted by molar-refractivity contribution is -0.124. The van der Waals surface area contributed by atoms with Gasteiger partial charge in [-0.05, 0) is 18.2 Å². The van der Waals surface area contributed by atoms with Crippen LogP contribution in [0, 0.1) is 11.6 Å². The first-order valence-electron chi connectivity index (χ1n) is 7.02. The fourth-order valence-electron chi connectivity index (χ4n) is 1.88. The summed E-state index contributed by atoms with van der Waals surface area (Å²) in [7, 11) is 1.37. The zero-order valence-corrected chi connectivity index (χ0v) is 12.8. The van der Waals surface area contributed by atoms with Gasteiger partial charge in [0.25, 0.3) is 5.91 Å². The number of rotatable bonds is 6. The van der Waals surface area contributed by atoms with E-state index in [0.717, 1.165) is 6.07 Å². The Bertz CT molecular complexity index is 749. The largest absolute Gasteiger partial charge is 0.497 e. The number of benzene rings is 2. The minimum Gasteiger partial charge on any atom is -0.497 e. The molecule has 2 rings (SSSR count). The van der Waals surface area contributed by atoms with E-state index >= 15 is 0 Å². The van der Waals surface area contributed by atoms with Gasteiger partial charge in [-0.3, -0.25) is 4.79 Å². The molecule has 0 aliphatic carbocycles. The molecular formula is C17H15F2NO4. The third-order valence-electron chi connectivity index (χ3n) is 3.16. The van der Waals surface area contributed by atoms with Crippen LogP contribution in [0.5, 0.6) is 5.75 Å². The molecule has 0 heterocycles. The van der Waals surface area contributed by atoms with E-state index in [4.69, 9.17) is 9.47 Å². The lowest BCUT2D eigenvalue weighted by Crippen LogP contribution is -2.28. The normalized spacial score (nSPS) is 10.1. The number of carbonyl (C=O) groups is 2. The van der Waals surface area contributed by atoms with Gasteiger partial charge in [0.15, 0.2) is 6.61 Å². The maximum absolute atomic E-state index is 13.7. The number of carbonyl (C=O) groups excluding carboxylic acids is 2. The first-order valence-corrected chi connectivity index (χ1v) is 7.02. The molecule has 0 unspecified atom stereocenters. The number of esters is 1. The summed E-state index contributed by atoms with van der Waals surface area (Å²) < 4.78 is 36.7. The van der Waals surface area contributed by atoms with E-state index in [0.29, 0.717) is 5.56 Å². The van der Waals surface area contributed by atoms with Crippen LogP contribution in [0.4, 0.5) is 8.78 Å². The summed E-state index contributed by atoms with van der Waals surface area (Å²) in [5.41, 5.74) is -0.00363. The Morgan fingerprint density at radius 2 is 1.83 bits per heavy atom. The van der Waals surface area contributed by atoms with Crippen LogP contribution in [0.3, 0.4) is 0 Å². The summed E-state index contributed by atoms with van der Waals surface area (Å²) in [5, 5.41) is 2.41. The number of hydrogen-bond donors (Lipinski definition) is 1. The quantitative estimate of drug-likeness (QED) is 0.824. The van der Waals surface area contributed by atoms with Crippen molar-refractivity contribution in [3.05, 3.63) is 65.2 Å². The third-order valence-corrected chi connectivity index (χ3v) is 3.16. The highest BCUT2D eigenvalue weighted by atomic mass is 19.1. The second-order valence-corrected chi connectivity index (χ2v) is 4.79. The Balaban J connectivity index is 1.85. The van der Waals surface area contributed by atoms with Gasteiger partial charge in [0.2, 0.25) is 0 Å². The average Bonchev–Trinajstić information content (AvgIpc) is 2.58. The number of methoxy groups -OCH3 is 1. The summed E-state index contributed by atoms with van der Waals surface area (Å²) in [6, 6.07) is 9.60. The molecule has 5 nitrogen and oxygen atoms in total. The van der Waals surface area contributed by atoms with E-state index in [-0.39, 0.29) is 17.9 Å². The van der Waals surface area contributed by atoms with Gasteiger partial charge in [-0.1, -0.05) is 18.2 Å². The van der Waals surface area contributed by atoms with Gasteiger partial charge in [0.1, 0.15) is 17.4 Å². The van der Waals surface area contributed by atoms with Crippen LogP contribution in [-0.2, 0) is 16.1 Å². The van der Waals surface area contributed by atoms with Gasteiger partial charge in [-0.15, -0.1) is 0 Å². The fourth-order valence-corrected chi connectivity index (χ4v) is 1.88. The number of ether oxygens (including phenoxy) is 2. The van der Waals surface area contributed by atoms with Crippen molar-refractivity contribution < 1.29 is 27.8 Å². The van der Waals surface area contributed by atoms with Gasteiger partial charge < -0.3 is 14.8 Å². The molecule has 7 heteroatoms. The molecule has 0 aliphatic rings. The van der Waals surface area contributed by atoms with Crippen LogP contribution in [0.1, 0.15) is 15.9 Å². The van der Waals surface area contributed by atoms with E-state index in [1.807, 2.05) is 0 Å². The van der Waals surface area contributed by atoms with E-state index in [9.17, 15) is 18.4 Å². The fraction of sp³-hybridized carbons (Fsp3) is 0.176.